The first kappa shape index (κ1) is 21.4. The fourth-order valence-corrected chi connectivity index (χ4v) is 4.14. The maximum atomic E-state index is 13.3. The van der Waals surface area contributed by atoms with Gasteiger partial charge in [-0.3, -0.25) is 9.74 Å². The van der Waals surface area contributed by atoms with Gasteiger partial charge in [0.05, 0.1) is 16.7 Å². The zero-order valence-corrected chi connectivity index (χ0v) is 17.8. The van der Waals surface area contributed by atoms with Gasteiger partial charge in [0, 0.05) is 15.5 Å². The average Bonchev–Trinajstić information content (AvgIpc) is 3.66. The molecule has 0 unspecified atom stereocenters. The van der Waals surface area contributed by atoms with Gasteiger partial charge < -0.3 is 15.5 Å². The zero-order chi connectivity index (χ0) is 23.9. The molecule has 170 valence electrons. The molecule has 4 aromatic rings. The molecule has 0 saturated heterocycles. The minimum absolute atomic E-state index is 0.167. The Hall–Kier alpha value is -4.46. The van der Waals surface area contributed by atoms with E-state index in [0.29, 0.717) is 35.5 Å². The van der Waals surface area contributed by atoms with Crippen LogP contribution in [-0.4, -0.2) is 27.1 Å². The number of carboxylic acids is 1. The Morgan fingerprint density at radius 3 is 2.38 bits per heavy atom. The van der Waals surface area contributed by atoms with Crippen molar-refractivity contribution < 1.29 is 29.3 Å². The van der Waals surface area contributed by atoms with Gasteiger partial charge in [0.1, 0.15) is 5.82 Å². The normalized spacial score (nSPS) is 13.9. The van der Waals surface area contributed by atoms with Crippen molar-refractivity contribution >= 4 is 28.5 Å². The molecule has 0 bridgehead atoms. The molecule has 3 N–H and O–H groups in total. The number of aromatic nitrogens is 1. The zero-order valence-electron chi connectivity index (χ0n) is 17.8. The van der Waals surface area contributed by atoms with Gasteiger partial charge >= 0.3 is 5.97 Å². The Morgan fingerprint density at radius 2 is 1.74 bits per heavy atom. The highest BCUT2D eigenvalue weighted by Crippen LogP contribution is 2.50. The number of phenols is 1. The molecule has 1 heterocycles. The third-order valence-corrected chi connectivity index (χ3v) is 6.17. The maximum absolute atomic E-state index is 13.3. The summed E-state index contributed by atoms with van der Waals surface area (Å²) in [5, 5.41) is 23.7. The number of aromatic hydroxyl groups is 1. The number of anilines is 1. The van der Waals surface area contributed by atoms with Crippen molar-refractivity contribution in [2.45, 2.75) is 18.3 Å². The first-order valence-corrected chi connectivity index (χ1v) is 10.6. The number of carbonyl (C=O) groups excluding carboxylic acids is 1. The Kier molecular flexibility index (Phi) is 5.13. The van der Waals surface area contributed by atoms with Crippen molar-refractivity contribution in [1.29, 1.82) is 0 Å². The predicted octanol–water partition coefficient (Wildman–Crippen LogP) is 5.24. The molecule has 3 aromatic carbocycles. The first-order valence-electron chi connectivity index (χ1n) is 10.6. The van der Waals surface area contributed by atoms with Gasteiger partial charge in [-0.15, -0.1) is 0 Å². The second kappa shape index (κ2) is 8.15. The number of amides is 1. The van der Waals surface area contributed by atoms with Crippen LogP contribution in [0.25, 0.3) is 22.0 Å². The lowest BCUT2D eigenvalue weighted by Crippen LogP contribution is -2.28. The molecule has 5 rings (SSSR count). The fraction of sp³-hybridized carbons (Fsp3) is 0.115. The lowest BCUT2D eigenvalue weighted by Gasteiger charge is -2.17. The molecule has 0 atom stereocenters. The molecular formula is C26H19FN2O5. The number of aromatic carboxylic acids is 1. The minimum atomic E-state index is -1.02. The van der Waals surface area contributed by atoms with Gasteiger partial charge in [-0.05, 0) is 54.1 Å². The fourth-order valence-electron chi connectivity index (χ4n) is 4.14. The van der Waals surface area contributed by atoms with Crippen LogP contribution in [0.3, 0.4) is 0 Å². The molecule has 0 aliphatic heterocycles. The number of carboxylic acid groups (broad SMARTS) is 1. The average molecular weight is 458 g/mol. The molecule has 7 nitrogen and oxygen atoms in total. The molecule has 1 aliphatic carbocycles. The molecule has 1 amide bonds. The van der Waals surface area contributed by atoms with Crippen LogP contribution >= 0.6 is 0 Å². The van der Waals surface area contributed by atoms with Crippen molar-refractivity contribution in [3.05, 3.63) is 83.9 Å². The van der Waals surface area contributed by atoms with Crippen LogP contribution in [0.2, 0.25) is 0 Å². The van der Waals surface area contributed by atoms with Crippen LogP contribution in [0.1, 0.15) is 28.8 Å². The Balaban J connectivity index is 1.50. The number of nitrogens with one attached hydrogen (secondary N) is 1. The van der Waals surface area contributed by atoms with Gasteiger partial charge in [0.15, 0.2) is 5.75 Å². The summed E-state index contributed by atoms with van der Waals surface area (Å²) in [5.41, 5.74) is 1.21. The summed E-state index contributed by atoms with van der Waals surface area (Å²) in [6, 6.07) is 19.9. The standard InChI is InChI=1S/C26H19FN2O5/c27-34-21-10-9-18(14-20(21)30)26(11-12-26)25(33)29-22-13-17-3-1-2-4-19(17)23(28-22)15-5-7-16(8-6-15)24(31)32/h1-10,13-14,30H,11-12H2,(H,31,32)(H,28,29,33). The summed E-state index contributed by atoms with van der Waals surface area (Å²) in [5.74, 6) is -1.64. The number of pyridine rings is 1. The number of carbonyl (C=O) groups is 2. The lowest BCUT2D eigenvalue weighted by molar-refractivity contribution is -0.118. The molecule has 0 radical (unpaired) electrons. The maximum Gasteiger partial charge on any atom is 0.335 e. The van der Waals surface area contributed by atoms with Crippen molar-refractivity contribution in [3.63, 3.8) is 0 Å². The second-order valence-electron chi connectivity index (χ2n) is 8.26. The van der Waals surface area contributed by atoms with Crippen LogP contribution in [-0.2, 0) is 10.2 Å². The highest BCUT2D eigenvalue weighted by molar-refractivity contribution is 6.03. The highest BCUT2D eigenvalue weighted by Gasteiger charge is 2.51. The quantitative estimate of drug-likeness (QED) is 0.365. The largest absolute Gasteiger partial charge is 0.504 e. The third-order valence-electron chi connectivity index (χ3n) is 6.17. The van der Waals surface area contributed by atoms with E-state index in [0.717, 1.165) is 10.8 Å². The van der Waals surface area contributed by atoms with Crippen molar-refractivity contribution in [3.8, 4) is 22.8 Å². The van der Waals surface area contributed by atoms with Crippen molar-refractivity contribution in [1.82, 2.24) is 4.98 Å². The van der Waals surface area contributed by atoms with E-state index in [9.17, 15) is 24.3 Å². The van der Waals surface area contributed by atoms with E-state index in [1.54, 1.807) is 24.3 Å². The topological polar surface area (TPSA) is 109 Å². The van der Waals surface area contributed by atoms with Gasteiger partial charge in [-0.25, -0.2) is 9.78 Å². The summed E-state index contributed by atoms with van der Waals surface area (Å²) in [4.78, 5) is 32.7. The summed E-state index contributed by atoms with van der Waals surface area (Å²) in [6.07, 6.45) is 1.15. The van der Waals surface area contributed by atoms with Gasteiger partial charge in [0.25, 0.3) is 0 Å². The number of hydrogen-bond donors (Lipinski definition) is 3. The third kappa shape index (κ3) is 3.69. The molecule has 0 spiro atoms. The van der Waals surface area contributed by atoms with E-state index in [-0.39, 0.29) is 23.0 Å². The Labute approximate surface area is 193 Å². The molecule has 34 heavy (non-hydrogen) atoms. The number of rotatable bonds is 6. The number of benzene rings is 3. The van der Waals surface area contributed by atoms with E-state index >= 15 is 0 Å². The minimum Gasteiger partial charge on any atom is -0.504 e. The summed E-state index contributed by atoms with van der Waals surface area (Å²) in [7, 11) is 0. The lowest BCUT2D eigenvalue weighted by atomic mass is 9.94. The summed E-state index contributed by atoms with van der Waals surface area (Å²) >= 11 is 0. The van der Waals surface area contributed by atoms with E-state index in [1.807, 2.05) is 24.3 Å². The van der Waals surface area contributed by atoms with E-state index in [4.69, 9.17) is 0 Å². The first-order chi connectivity index (χ1) is 16.4. The predicted molar refractivity (Wildman–Crippen MR) is 124 cm³/mol. The number of nitrogens with zero attached hydrogens (tertiary/aromatic N) is 1. The van der Waals surface area contributed by atoms with Crippen molar-refractivity contribution in [2.24, 2.45) is 0 Å². The molecule has 1 saturated carbocycles. The number of hydrogen-bond acceptors (Lipinski definition) is 5. The Morgan fingerprint density at radius 1 is 1.00 bits per heavy atom. The van der Waals surface area contributed by atoms with Crippen molar-refractivity contribution in [2.75, 3.05) is 5.32 Å². The summed E-state index contributed by atoms with van der Waals surface area (Å²) in [6.45, 7) is 0. The van der Waals surface area contributed by atoms with E-state index < -0.39 is 11.4 Å². The molecule has 8 heteroatoms. The van der Waals surface area contributed by atoms with E-state index in [2.05, 4.69) is 15.2 Å². The number of fused-ring (bicyclic) bond motifs is 1. The monoisotopic (exact) mass is 458 g/mol. The molecule has 1 fully saturated rings. The SMILES string of the molecule is O=C(O)c1ccc(-c2nc(NC(=O)C3(c4ccc(OF)c(O)c4)CC3)cc3ccccc23)cc1. The van der Waals surface area contributed by atoms with Crippen LogP contribution in [0.15, 0.2) is 72.8 Å². The second-order valence-corrected chi connectivity index (χ2v) is 8.26. The van der Waals surface area contributed by atoms with Gasteiger partial charge in [-0.2, -0.15) is 0 Å². The van der Waals surface area contributed by atoms with Gasteiger partial charge in [-0.1, -0.05) is 42.5 Å². The van der Waals surface area contributed by atoms with E-state index in [1.165, 1.54) is 24.3 Å². The van der Waals surface area contributed by atoms with Crippen LogP contribution in [0.4, 0.5) is 10.3 Å². The number of phenolic OH excluding ortho intramolecular Hbond substituents is 1. The van der Waals surface area contributed by atoms with Gasteiger partial charge in [0.2, 0.25) is 11.7 Å². The highest BCUT2D eigenvalue weighted by atomic mass is 19.3. The van der Waals surface area contributed by atoms with Crippen LogP contribution in [0, 0.1) is 0 Å². The molecular weight excluding hydrogens is 439 g/mol. The van der Waals surface area contributed by atoms with Crippen LogP contribution < -0.4 is 10.3 Å². The number of halogens is 1. The Bertz CT molecular complexity index is 1430. The van der Waals surface area contributed by atoms with Crippen LogP contribution in [0.5, 0.6) is 11.5 Å². The molecule has 1 aliphatic rings. The molecule has 1 aromatic heterocycles. The smallest absolute Gasteiger partial charge is 0.335 e. The summed E-state index contributed by atoms with van der Waals surface area (Å²) < 4.78 is 12.5.